The van der Waals surface area contributed by atoms with Crippen LogP contribution in [0.25, 0.3) is 11.0 Å². The molecule has 0 aliphatic heterocycles. The first-order valence-electron chi connectivity index (χ1n) is 10.4. The molecule has 166 valence electrons. The zero-order chi connectivity index (χ0) is 20.6. The number of rotatable bonds is 9. The van der Waals surface area contributed by atoms with Crippen molar-refractivity contribution < 1.29 is 9.53 Å². The Bertz CT molecular complexity index is 849. The molecule has 1 heterocycles. The average molecular weight is 528 g/mol. The van der Waals surface area contributed by atoms with E-state index in [1.165, 1.54) is 5.52 Å². The molecule has 1 atom stereocenters. The van der Waals surface area contributed by atoms with Crippen LogP contribution in [0.3, 0.4) is 0 Å². The highest BCUT2D eigenvalue weighted by Crippen LogP contribution is 2.32. The normalized spacial score (nSPS) is 14.7. The van der Waals surface area contributed by atoms with Gasteiger partial charge >= 0.3 is 6.09 Å². The third kappa shape index (κ3) is 6.75. The molecule has 8 nitrogen and oxygen atoms in total. The molecule has 1 amide bonds. The number of aliphatic imine (C=N–C) groups is 1. The summed E-state index contributed by atoms with van der Waals surface area (Å²) in [7, 11) is 1.76. The van der Waals surface area contributed by atoms with E-state index in [2.05, 4.69) is 36.6 Å². The van der Waals surface area contributed by atoms with Gasteiger partial charge in [-0.2, -0.15) is 0 Å². The summed E-state index contributed by atoms with van der Waals surface area (Å²) in [5, 5.41) is 9.63. The number of alkyl carbamates (subject to hydrolysis) is 1. The Labute approximate surface area is 195 Å². The van der Waals surface area contributed by atoms with E-state index < -0.39 is 0 Å². The van der Waals surface area contributed by atoms with Crippen molar-refractivity contribution in [3.8, 4) is 0 Å². The number of nitrogens with one attached hydrogen (secondary N) is 3. The van der Waals surface area contributed by atoms with Crippen molar-refractivity contribution in [3.63, 3.8) is 0 Å². The maximum atomic E-state index is 11.7. The molecule has 1 aromatic carbocycles. The molecular formula is C21H33IN6O2. The van der Waals surface area contributed by atoms with Crippen LogP contribution in [0, 0.1) is 12.8 Å². The smallest absolute Gasteiger partial charge is 0.407 e. The Morgan fingerprint density at radius 2 is 2.10 bits per heavy atom. The van der Waals surface area contributed by atoms with Gasteiger partial charge < -0.3 is 25.3 Å². The minimum Gasteiger partial charge on any atom is -0.450 e. The van der Waals surface area contributed by atoms with Crippen molar-refractivity contribution in [2.75, 3.05) is 26.7 Å². The highest BCUT2D eigenvalue weighted by atomic mass is 127. The van der Waals surface area contributed by atoms with Gasteiger partial charge in [-0.05, 0) is 51.2 Å². The summed E-state index contributed by atoms with van der Waals surface area (Å²) < 4.78 is 7.26. The number of guanidine groups is 1. The maximum absolute atomic E-state index is 11.7. The topological polar surface area (TPSA) is 92.6 Å². The summed E-state index contributed by atoms with van der Waals surface area (Å²) >= 11 is 0. The van der Waals surface area contributed by atoms with Crippen LogP contribution in [0.2, 0.25) is 0 Å². The lowest BCUT2D eigenvalue weighted by Gasteiger charge is -2.20. The molecule has 2 aromatic rings. The number of aryl methyl sites for hydroxylation is 2. The molecule has 0 spiro atoms. The van der Waals surface area contributed by atoms with Crippen LogP contribution in [-0.2, 0) is 11.3 Å². The van der Waals surface area contributed by atoms with E-state index in [1.54, 1.807) is 7.05 Å². The van der Waals surface area contributed by atoms with Gasteiger partial charge in [0.1, 0.15) is 5.82 Å². The molecule has 1 fully saturated rings. The highest BCUT2D eigenvalue weighted by molar-refractivity contribution is 14.0. The maximum Gasteiger partial charge on any atom is 0.407 e. The molecular weight excluding hydrogens is 495 g/mol. The quantitative estimate of drug-likeness (QED) is 0.202. The van der Waals surface area contributed by atoms with Gasteiger partial charge in [0, 0.05) is 26.7 Å². The largest absolute Gasteiger partial charge is 0.450 e. The molecule has 30 heavy (non-hydrogen) atoms. The zero-order valence-corrected chi connectivity index (χ0v) is 20.3. The van der Waals surface area contributed by atoms with E-state index in [0.29, 0.717) is 19.1 Å². The Morgan fingerprint density at radius 1 is 1.33 bits per heavy atom. The van der Waals surface area contributed by atoms with Crippen molar-refractivity contribution in [2.45, 2.75) is 45.7 Å². The summed E-state index contributed by atoms with van der Waals surface area (Å²) in [4.78, 5) is 20.6. The summed E-state index contributed by atoms with van der Waals surface area (Å²) in [6.07, 6.45) is 2.89. The number of nitrogens with zero attached hydrogens (tertiary/aromatic N) is 3. The second-order valence-corrected chi connectivity index (χ2v) is 7.34. The van der Waals surface area contributed by atoms with Crippen molar-refractivity contribution >= 4 is 47.1 Å². The first-order chi connectivity index (χ1) is 14.1. The number of halogens is 1. The van der Waals surface area contributed by atoms with Crippen LogP contribution >= 0.6 is 24.0 Å². The minimum atomic E-state index is -0.350. The van der Waals surface area contributed by atoms with Crippen LogP contribution in [0.15, 0.2) is 29.3 Å². The van der Waals surface area contributed by atoms with E-state index in [1.807, 2.05) is 32.0 Å². The number of amides is 1. The molecule has 9 heteroatoms. The number of hydrogen-bond donors (Lipinski definition) is 3. The van der Waals surface area contributed by atoms with Crippen LogP contribution in [0.1, 0.15) is 32.0 Å². The fraction of sp³-hybridized carbons (Fsp3) is 0.571. The molecule has 3 rings (SSSR count). The molecule has 0 saturated heterocycles. The number of ether oxygens (including phenoxy) is 1. The first-order valence-corrected chi connectivity index (χ1v) is 10.4. The number of para-hydroxylation sites is 2. The number of aromatic nitrogens is 2. The standard InChI is InChI=1S/C21H32N6O2.HI/c1-4-29-21(28)26-18(16-10-11-16)14-24-20(22-3)23-12-7-13-27-15(2)25-17-8-5-6-9-19(17)27;/h5-6,8-9,16,18H,4,7,10-14H2,1-3H3,(H,26,28)(H2,22,23,24);1H. The Hall–Kier alpha value is -2.04. The third-order valence-corrected chi connectivity index (χ3v) is 5.18. The van der Waals surface area contributed by atoms with Crippen LogP contribution in [0.5, 0.6) is 0 Å². The van der Waals surface area contributed by atoms with Crippen molar-refractivity contribution in [3.05, 3.63) is 30.1 Å². The first kappa shape index (κ1) is 24.2. The van der Waals surface area contributed by atoms with Gasteiger partial charge in [-0.1, -0.05) is 12.1 Å². The second-order valence-electron chi connectivity index (χ2n) is 7.34. The summed E-state index contributed by atoms with van der Waals surface area (Å²) in [6.45, 7) is 6.56. The predicted molar refractivity (Wildman–Crippen MR) is 131 cm³/mol. The SMILES string of the molecule is CCOC(=O)NC(CNC(=NC)NCCCn1c(C)nc2ccccc21)C1CC1.I. The van der Waals surface area contributed by atoms with E-state index >= 15 is 0 Å². The number of benzene rings is 1. The van der Waals surface area contributed by atoms with Crippen LogP contribution < -0.4 is 16.0 Å². The van der Waals surface area contributed by atoms with Gasteiger partial charge in [0.25, 0.3) is 0 Å². The van der Waals surface area contributed by atoms with E-state index in [-0.39, 0.29) is 36.1 Å². The Balaban J connectivity index is 0.00000320. The lowest BCUT2D eigenvalue weighted by atomic mass is 10.2. The zero-order valence-electron chi connectivity index (χ0n) is 18.0. The second kappa shape index (κ2) is 12.0. The number of fused-ring (bicyclic) bond motifs is 1. The summed E-state index contributed by atoms with van der Waals surface area (Å²) in [5.74, 6) is 2.29. The lowest BCUT2D eigenvalue weighted by molar-refractivity contribution is 0.146. The number of imidazole rings is 1. The Kier molecular flexibility index (Phi) is 9.67. The fourth-order valence-electron chi connectivity index (χ4n) is 3.51. The molecule has 3 N–H and O–H groups in total. The Morgan fingerprint density at radius 3 is 2.80 bits per heavy atom. The summed E-state index contributed by atoms with van der Waals surface area (Å²) in [6, 6.07) is 8.28. The van der Waals surface area contributed by atoms with Crippen molar-refractivity contribution in [1.29, 1.82) is 0 Å². The van der Waals surface area contributed by atoms with Crippen LogP contribution in [0.4, 0.5) is 4.79 Å². The van der Waals surface area contributed by atoms with E-state index in [9.17, 15) is 4.79 Å². The van der Waals surface area contributed by atoms with Gasteiger partial charge in [0.15, 0.2) is 5.96 Å². The van der Waals surface area contributed by atoms with Gasteiger partial charge in [-0.3, -0.25) is 4.99 Å². The molecule has 1 saturated carbocycles. The predicted octanol–water partition coefficient (Wildman–Crippen LogP) is 3.04. The molecule has 0 radical (unpaired) electrons. The van der Waals surface area contributed by atoms with Gasteiger partial charge in [0.05, 0.1) is 23.7 Å². The monoisotopic (exact) mass is 528 g/mol. The molecule has 1 aromatic heterocycles. The van der Waals surface area contributed by atoms with Crippen LogP contribution in [-0.4, -0.2) is 54.4 Å². The molecule has 1 aliphatic rings. The molecule has 1 aliphatic carbocycles. The summed E-state index contributed by atoms with van der Waals surface area (Å²) in [5.41, 5.74) is 2.21. The van der Waals surface area contributed by atoms with Gasteiger partial charge in [-0.25, -0.2) is 9.78 Å². The van der Waals surface area contributed by atoms with E-state index in [4.69, 9.17) is 4.74 Å². The number of hydrogen-bond acceptors (Lipinski definition) is 4. The molecule has 0 bridgehead atoms. The fourth-order valence-corrected chi connectivity index (χ4v) is 3.51. The third-order valence-electron chi connectivity index (χ3n) is 5.18. The van der Waals surface area contributed by atoms with Gasteiger partial charge in [-0.15, -0.1) is 24.0 Å². The number of carbonyl (C=O) groups excluding carboxylic acids is 1. The van der Waals surface area contributed by atoms with Gasteiger partial charge in [0.2, 0.25) is 0 Å². The lowest BCUT2D eigenvalue weighted by Crippen LogP contribution is -2.48. The highest BCUT2D eigenvalue weighted by Gasteiger charge is 2.32. The van der Waals surface area contributed by atoms with Crippen molar-refractivity contribution in [2.24, 2.45) is 10.9 Å². The number of carbonyl (C=O) groups is 1. The molecule has 1 unspecified atom stereocenters. The van der Waals surface area contributed by atoms with E-state index in [0.717, 1.165) is 49.7 Å². The average Bonchev–Trinajstić information content (AvgIpc) is 3.50. The van der Waals surface area contributed by atoms with Crippen molar-refractivity contribution in [1.82, 2.24) is 25.5 Å². The minimum absolute atomic E-state index is 0.